The summed E-state index contributed by atoms with van der Waals surface area (Å²) in [6.45, 7) is 2.40. The lowest BCUT2D eigenvalue weighted by Gasteiger charge is -2.18. The van der Waals surface area contributed by atoms with Crippen LogP contribution in [0.5, 0.6) is 0 Å². The molecule has 0 saturated heterocycles. The number of carbonyl (C=O) groups excluding carboxylic acids is 1. The molecule has 2 heterocycles. The number of carbonyl (C=O) groups is 1. The van der Waals surface area contributed by atoms with Gasteiger partial charge in [0.1, 0.15) is 11.4 Å². The Kier molecular flexibility index (Phi) is 5.70. The average molecular weight is 438 g/mol. The number of hydrogen-bond acceptors (Lipinski definition) is 4. The first kappa shape index (κ1) is 20.3. The minimum absolute atomic E-state index is 0.0555. The molecule has 0 aliphatic carbocycles. The van der Waals surface area contributed by atoms with Crippen molar-refractivity contribution >= 4 is 39.1 Å². The van der Waals surface area contributed by atoms with Crippen molar-refractivity contribution < 1.29 is 4.79 Å². The highest BCUT2D eigenvalue weighted by molar-refractivity contribution is 7.19. The molecule has 0 fully saturated rings. The number of likely N-dealkylation sites (N-methyl/N-ethyl adjacent to an activating group) is 1. The van der Waals surface area contributed by atoms with Crippen LogP contribution in [-0.4, -0.2) is 27.4 Å². The molecule has 1 amide bonds. The topological polar surface area (TPSA) is 55.2 Å². The highest BCUT2D eigenvalue weighted by Gasteiger charge is 2.18. The lowest BCUT2D eigenvalue weighted by atomic mass is 10.0. The van der Waals surface area contributed by atoms with Crippen molar-refractivity contribution in [1.82, 2.24) is 14.5 Å². The Hall–Kier alpha value is -2.96. The van der Waals surface area contributed by atoms with Gasteiger partial charge in [-0.15, -0.1) is 11.3 Å². The van der Waals surface area contributed by atoms with E-state index in [9.17, 15) is 9.59 Å². The van der Waals surface area contributed by atoms with Crippen LogP contribution >= 0.6 is 22.9 Å². The summed E-state index contributed by atoms with van der Waals surface area (Å²) in [5.41, 5.74) is 2.58. The van der Waals surface area contributed by atoms with Crippen LogP contribution in [0, 0.1) is 6.92 Å². The van der Waals surface area contributed by atoms with Gasteiger partial charge >= 0.3 is 0 Å². The van der Waals surface area contributed by atoms with Gasteiger partial charge in [-0.25, -0.2) is 4.98 Å². The normalized spacial score (nSPS) is 11.0. The van der Waals surface area contributed by atoms with E-state index in [-0.39, 0.29) is 18.0 Å². The van der Waals surface area contributed by atoms with E-state index in [0.717, 1.165) is 21.6 Å². The minimum atomic E-state index is -0.212. The van der Waals surface area contributed by atoms with Crippen LogP contribution in [0.1, 0.15) is 10.4 Å². The maximum atomic E-state index is 13.3. The summed E-state index contributed by atoms with van der Waals surface area (Å²) in [5, 5.41) is 1.18. The van der Waals surface area contributed by atoms with Crippen LogP contribution in [0.15, 0.2) is 65.7 Å². The number of aromatic nitrogens is 2. The third-order valence-corrected chi connectivity index (χ3v) is 6.25. The van der Waals surface area contributed by atoms with E-state index in [1.807, 2.05) is 49.4 Å². The molecule has 0 bridgehead atoms. The first-order valence-electron chi connectivity index (χ1n) is 9.46. The van der Waals surface area contributed by atoms with Gasteiger partial charge in [0.25, 0.3) is 5.56 Å². The van der Waals surface area contributed by atoms with Gasteiger partial charge in [0, 0.05) is 29.1 Å². The summed E-state index contributed by atoms with van der Waals surface area (Å²) >= 11 is 7.49. The van der Waals surface area contributed by atoms with Crippen molar-refractivity contribution in [2.45, 2.75) is 20.0 Å². The molecule has 7 heteroatoms. The van der Waals surface area contributed by atoms with Gasteiger partial charge in [-0.1, -0.05) is 54.1 Å². The van der Waals surface area contributed by atoms with Crippen LogP contribution in [0.2, 0.25) is 5.02 Å². The van der Waals surface area contributed by atoms with Crippen molar-refractivity contribution in [2.24, 2.45) is 0 Å². The molecule has 0 radical (unpaired) electrons. The van der Waals surface area contributed by atoms with E-state index in [4.69, 9.17) is 11.6 Å². The molecule has 152 valence electrons. The Labute approximate surface area is 183 Å². The molecule has 5 nitrogen and oxygen atoms in total. The van der Waals surface area contributed by atoms with Gasteiger partial charge < -0.3 is 4.90 Å². The molecule has 4 rings (SSSR count). The second-order valence-electron chi connectivity index (χ2n) is 7.13. The Balaban J connectivity index is 1.66. The molecule has 0 N–H and O–H groups in total. The molecule has 0 atom stereocenters. The number of amides is 1. The Morgan fingerprint density at radius 3 is 2.53 bits per heavy atom. The minimum Gasteiger partial charge on any atom is -0.340 e. The zero-order valence-electron chi connectivity index (χ0n) is 16.6. The number of nitrogens with zero attached hydrogens (tertiary/aromatic N) is 3. The summed E-state index contributed by atoms with van der Waals surface area (Å²) in [6.07, 6.45) is 1.46. The van der Waals surface area contributed by atoms with Gasteiger partial charge in [-0.2, -0.15) is 0 Å². The number of hydrogen-bond donors (Lipinski definition) is 0. The number of rotatable bonds is 5. The second kappa shape index (κ2) is 8.42. The van der Waals surface area contributed by atoms with Crippen molar-refractivity contribution in [3.05, 3.63) is 86.7 Å². The monoisotopic (exact) mass is 437 g/mol. The van der Waals surface area contributed by atoms with E-state index in [1.165, 1.54) is 22.2 Å². The number of fused-ring (bicyclic) bond motifs is 1. The molecule has 2 aromatic heterocycles. The largest absolute Gasteiger partial charge is 0.340 e. The molecule has 2 aromatic carbocycles. The zero-order valence-corrected chi connectivity index (χ0v) is 18.2. The molecule has 0 aliphatic rings. The average Bonchev–Trinajstić information content (AvgIpc) is 3.08. The fourth-order valence-electron chi connectivity index (χ4n) is 3.43. The highest BCUT2D eigenvalue weighted by atomic mass is 35.5. The van der Waals surface area contributed by atoms with Crippen molar-refractivity contribution in [3.8, 4) is 11.1 Å². The Morgan fingerprint density at radius 2 is 1.83 bits per heavy atom. The van der Waals surface area contributed by atoms with Crippen LogP contribution in [0.25, 0.3) is 21.3 Å². The van der Waals surface area contributed by atoms with Gasteiger partial charge in [-0.3, -0.25) is 14.2 Å². The van der Waals surface area contributed by atoms with E-state index in [2.05, 4.69) is 4.98 Å². The molecule has 0 spiro atoms. The second-order valence-corrected chi connectivity index (χ2v) is 8.77. The number of halogens is 1. The SMILES string of the molecule is Cc1sc2ncn(CC(=O)N(C)Cc3ccccc3)c(=O)c2c1-c1ccc(Cl)cc1. The zero-order chi connectivity index (χ0) is 21.3. The maximum Gasteiger partial charge on any atom is 0.263 e. The molecule has 30 heavy (non-hydrogen) atoms. The van der Waals surface area contributed by atoms with Crippen molar-refractivity contribution in [2.75, 3.05) is 7.05 Å². The molecule has 0 saturated carbocycles. The van der Waals surface area contributed by atoms with E-state index >= 15 is 0 Å². The smallest absolute Gasteiger partial charge is 0.263 e. The quantitative estimate of drug-likeness (QED) is 0.453. The molecule has 4 aromatic rings. The third kappa shape index (κ3) is 4.01. The molecule has 0 aliphatic heterocycles. The predicted octanol–water partition coefficient (Wildman–Crippen LogP) is 4.75. The Bertz CT molecular complexity index is 1260. The van der Waals surface area contributed by atoms with E-state index in [1.54, 1.807) is 24.1 Å². The maximum absolute atomic E-state index is 13.3. The summed E-state index contributed by atoms with van der Waals surface area (Å²) < 4.78 is 1.39. The number of benzene rings is 2. The summed E-state index contributed by atoms with van der Waals surface area (Å²) in [5.74, 6) is -0.151. The van der Waals surface area contributed by atoms with Crippen molar-refractivity contribution in [3.63, 3.8) is 0 Å². The first-order valence-corrected chi connectivity index (χ1v) is 10.7. The van der Waals surface area contributed by atoms with Crippen LogP contribution in [0.4, 0.5) is 0 Å². The Morgan fingerprint density at radius 1 is 1.13 bits per heavy atom. The fraction of sp³-hybridized carbons (Fsp3) is 0.174. The van der Waals surface area contributed by atoms with Crippen molar-refractivity contribution in [1.29, 1.82) is 0 Å². The fourth-order valence-corrected chi connectivity index (χ4v) is 4.56. The standard InChI is InChI=1S/C23H20ClN3O2S/c1-15-20(17-8-10-18(24)11-9-17)21-22(30-15)25-14-27(23(21)29)13-19(28)26(2)12-16-6-4-3-5-7-16/h3-11,14H,12-13H2,1-2H3. The molecule has 0 unspecified atom stereocenters. The van der Waals surface area contributed by atoms with Gasteiger partial charge in [-0.05, 0) is 30.2 Å². The van der Waals surface area contributed by atoms with E-state index in [0.29, 0.717) is 21.8 Å². The molecular weight excluding hydrogens is 418 g/mol. The van der Waals surface area contributed by atoms with Gasteiger partial charge in [0.2, 0.25) is 5.91 Å². The lowest BCUT2D eigenvalue weighted by molar-refractivity contribution is -0.131. The van der Waals surface area contributed by atoms with Crippen LogP contribution in [0.3, 0.4) is 0 Å². The number of thiophene rings is 1. The highest BCUT2D eigenvalue weighted by Crippen LogP contribution is 2.35. The first-order chi connectivity index (χ1) is 14.4. The van der Waals surface area contributed by atoms with Gasteiger partial charge in [0.15, 0.2) is 0 Å². The van der Waals surface area contributed by atoms with E-state index < -0.39 is 0 Å². The van der Waals surface area contributed by atoms with Crippen LogP contribution in [-0.2, 0) is 17.9 Å². The van der Waals surface area contributed by atoms with Gasteiger partial charge in [0.05, 0.1) is 11.7 Å². The lowest BCUT2D eigenvalue weighted by Crippen LogP contribution is -2.33. The number of aryl methyl sites for hydroxylation is 1. The third-order valence-electron chi connectivity index (χ3n) is 4.98. The molecular formula is C23H20ClN3O2S. The summed E-state index contributed by atoms with van der Waals surface area (Å²) in [4.78, 5) is 33.7. The predicted molar refractivity (Wildman–Crippen MR) is 122 cm³/mol. The summed E-state index contributed by atoms with van der Waals surface area (Å²) in [7, 11) is 1.74. The van der Waals surface area contributed by atoms with Crippen LogP contribution < -0.4 is 5.56 Å². The summed E-state index contributed by atoms with van der Waals surface area (Å²) in [6, 6.07) is 17.1.